The molecule has 1 heterocycles. The van der Waals surface area contributed by atoms with Gasteiger partial charge in [0.25, 0.3) is 0 Å². The van der Waals surface area contributed by atoms with Crippen molar-refractivity contribution in [2.45, 2.75) is 51.5 Å². The Morgan fingerprint density at radius 2 is 2.11 bits per heavy atom. The van der Waals surface area contributed by atoms with Crippen LogP contribution in [0.3, 0.4) is 0 Å². The van der Waals surface area contributed by atoms with E-state index in [0.29, 0.717) is 35.5 Å². The van der Waals surface area contributed by atoms with Gasteiger partial charge in [-0.05, 0) is 48.9 Å². The van der Waals surface area contributed by atoms with E-state index < -0.39 is 0 Å². The smallest absolute Gasteiger partial charge is 0.224 e. The number of hydrogen-bond donors (Lipinski definition) is 5. The number of anilines is 2. The van der Waals surface area contributed by atoms with Gasteiger partial charge in [-0.1, -0.05) is 19.8 Å². The van der Waals surface area contributed by atoms with E-state index >= 15 is 0 Å². The normalized spacial score (nSPS) is 22.3. The fourth-order valence-electron chi connectivity index (χ4n) is 2.97. The number of amides is 2. The number of nitrogens with one attached hydrogen (secondary N) is 2. The molecule has 0 radical (unpaired) electrons. The van der Waals surface area contributed by atoms with Crippen LogP contribution < -0.4 is 27.8 Å². The van der Waals surface area contributed by atoms with Gasteiger partial charge < -0.3 is 27.8 Å². The number of fused-ring (bicyclic) bond motifs is 1. The SMILES string of the molecule is CCC(=O)Nc1ccc2c(c1)NC(=O)CCCCCC(N)C(=C/N)/C=C/2N. The van der Waals surface area contributed by atoms with E-state index in [2.05, 4.69) is 10.6 Å². The molecule has 1 aromatic carbocycles. The van der Waals surface area contributed by atoms with Crippen LogP contribution in [0.2, 0.25) is 0 Å². The van der Waals surface area contributed by atoms with Crippen LogP contribution in [0.15, 0.2) is 36.0 Å². The number of rotatable bonds is 2. The lowest BCUT2D eigenvalue weighted by Crippen LogP contribution is -2.23. The van der Waals surface area contributed by atoms with E-state index in [4.69, 9.17) is 17.2 Å². The van der Waals surface area contributed by atoms with Crippen LogP contribution in [0.5, 0.6) is 0 Å². The third kappa shape index (κ3) is 5.86. The van der Waals surface area contributed by atoms with E-state index in [1.54, 1.807) is 31.2 Å². The van der Waals surface area contributed by atoms with Crippen LogP contribution >= 0.6 is 0 Å². The van der Waals surface area contributed by atoms with Crippen molar-refractivity contribution in [1.29, 1.82) is 0 Å². The van der Waals surface area contributed by atoms with Crippen LogP contribution in [-0.4, -0.2) is 17.9 Å². The highest BCUT2D eigenvalue weighted by atomic mass is 16.2. The van der Waals surface area contributed by atoms with Gasteiger partial charge in [-0.25, -0.2) is 0 Å². The van der Waals surface area contributed by atoms with Crippen molar-refractivity contribution >= 4 is 28.9 Å². The minimum absolute atomic E-state index is 0.0823. The van der Waals surface area contributed by atoms with Crippen LogP contribution in [0.25, 0.3) is 5.70 Å². The highest BCUT2D eigenvalue weighted by Crippen LogP contribution is 2.27. The van der Waals surface area contributed by atoms with Crippen LogP contribution in [0.1, 0.15) is 51.0 Å². The molecule has 1 unspecified atom stereocenters. The third-order valence-electron chi connectivity index (χ3n) is 4.57. The second-order valence-electron chi connectivity index (χ2n) is 6.68. The number of nitrogens with two attached hydrogens (primary N) is 3. The fraction of sp³-hybridized carbons (Fsp3) is 0.400. The molecule has 27 heavy (non-hydrogen) atoms. The van der Waals surface area contributed by atoms with Crippen molar-refractivity contribution in [3.8, 4) is 0 Å². The summed E-state index contributed by atoms with van der Waals surface area (Å²) in [7, 11) is 0. The van der Waals surface area contributed by atoms with E-state index in [9.17, 15) is 9.59 Å². The molecule has 1 aromatic rings. The summed E-state index contributed by atoms with van der Waals surface area (Å²) in [6, 6.07) is 5.03. The summed E-state index contributed by atoms with van der Waals surface area (Å²) in [6.07, 6.45) is 7.41. The lowest BCUT2D eigenvalue weighted by Gasteiger charge is -2.16. The summed E-state index contributed by atoms with van der Waals surface area (Å²) >= 11 is 0. The first-order valence-corrected chi connectivity index (χ1v) is 9.33. The summed E-state index contributed by atoms with van der Waals surface area (Å²) in [5, 5.41) is 5.70. The molecule has 7 heteroatoms. The molecular formula is C20H29N5O2. The Bertz CT molecular complexity index is 755. The van der Waals surface area contributed by atoms with Gasteiger partial charge in [-0.15, -0.1) is 0 Å². The molecule has 0 bridgehead atoms. The van der Waals surface area contributed by atoms with Crippen molar-refractivity contribution < 1.29 is 9.59 Å². The highest BCUT2D eigenvalue weighted by molar-refractivity contribution is 5.97. The van der Waals surface area contributed by atoms with Gasteiger partial charge in [0, 0.05) is 35.8 Å². The first-order valence-electron chi connectivity index (χ1n) is 9.33. The number of carbonyl (C=O) groups excluding carboxylic acids is 2. The largest absolute Gasteiger partial charge is 0.404 e. The molecule has 7 nitrogen and oxygen atoms in total. The summed E-state index contributed by atoms with van der Waals surface area (Å²) in [4.78, 5) is 24.0. The molecule has 0 aromatic heterocycles. The zero-order valence-corrected chi connectivity index (χ0v) is 15.8. The average molecular weight is 371 g/mol. The maximum absolute atomic E-state index is 12.3. The van der Waals surface area contributed by atoms with E-state index in [-0.39, 0.29) is 17.9 Å². The summed E-state index contributed by atoms with van der Waals surface area (Å²) in [6.45, 7) is 1.78. The highest BCUT2D eigenvalue weighted by Gasteiger charge is 2.14. The van der Waals surface area contributed by atoms with Crippen molar-refractivity contribution in [2.24, 2.45) is 17.2 Å². The van der Waals surface area contributed by atoms with Gasteiger partial charge in [0.05, 0.1) is 5.69 Å². The molecule has 2 amide bonds. The Balaban J connectivity index is 2.44. The molecule has 0 aliphatic carbocycles. The topological polar surface area (TPSA) is 136 Å². The Labute approximate surface area is 160 Å². The first-order chi connectivity index (χ1) is 12.9. The molecule has 2 rings (SSSR count). The summed E-state index contributed by atoms with van der Waals surface area (Å²) in [5.74, 6) is -0.185. The van der Waals surface area contributed by atoms with Gasteiger partial charge in [0.2, 0.25) is 11.8 Å². The van der Waals surface area contributed by atoms with Gasteiger partial charge in [0.1, 0.15) is 0 Å². The zero-order chi connectivity index (χ0) is 19.8. The molecule has 8 N–H and O–H groups in total. The third-order valence-corrected chi connectivity index (χ3v) is 4.57. The maximum atomic E-state index is 12.3. The van der Waals surface area contributed by atoms with Crippen molar-refractivity contribution in [1.82, 2.24) is 0 Å². The molecule has 146 valence electrons. The van der Waals surface area contributed by atoms with Gasteiger partial charge in [-0.3, -0.25) is 9.59 Å². The summed E-state index contributed by atoms with van der Waals surface area (Å²) in [5.41, 5.74) is 21.3. The maximum Gasteiger partial charge on any atom is 0.224 e. The van der Waals surface area contributed by atoms with Gasteiger partial charge >= 0.3 is 0 Å². The fourth-order valence-corrected chi connectivity index (χ4v) is 2.97. The number of carbonyl (C=O) groups is 2. The van der Waals surface area contributed by atoms with E-state index in [1.165, 1.54) is 6.20 Å². The van der Waals surface area contributed by atoms with Crippen molar-refractivity contribution in [3.63, 3.8) is 0 Å². The van der Waals surface area contributed by atoms with Crippen molar-refractivity contribution in [3.05, 3.63) is 41.6 Å². The molecule has 0 saturated carbocycles. The Kier molecular flexibility index (Phi) is 7.43. The van der Waals surface area contributed by atoms with Crippen LogP contribution in [0, 0.1) is 0 Å². The lowest BCUT2D eigenvalue weighted by atomic mass is 9.99. The van der Waals surface area contributed by atoms with Gasteiger partial charge in [-0.2, -0.15) is 0 Å². The second-order valence-corrected chi connectivity index (χ2v) is 6.68. The minimum atomic E-state index is -0.204. The molecule has 1 aliphatic heterocycles. The Hall–Kier alpha value is -2.80. The Morgan fingerprint density at radius 3 is 2.81 bits per heavy atom. The Morgan fingerprint density at radius 1 is 1.33 bits per heavy atom. The van der Waals surface area contributed by atoms with E-state index in [0.717, 1.165) is 31.3 Å². The molecule has 1 aliphatic rings. The predicted octanol–water partition coefficient (Wildman–Crippen LogP) is 2.41. The number of hydrogen-bond acceptors (Lipinski definition) is 5. The standard InChI is InChI=1S/C20H29N5O2/c1-2-19(26)24-14-8-9-15-17(23)10-13(12-21)16(22)6-4-3-5-7-20(27)25-18(15)11-14/h8-12,16H,2-7,21-23H2,1H3,(H,24,26)(H,25,27)/b13-12+,17-10-. The quantitative estimate of drug-likeness (QED) is 0.544. The second kappa shape index (κ2) is 9.78. The van der Waals surface area contributed by atoms with Gasteiger partial charge in [0.15, 0.2) is 0 Å². The monoisotopic (exact) mass is 371 g/mol. The van der Waals surface area contributed by atoms with Crippen LogP contribution in [-0.2, 0) is 9.59 Å². The van der Waals surface area contributed by atoms with E-state index in [1.807, 2.05) is 0 Å². The molecule has 1 atom stereocenters. The minimum Gasteiger partial charge on any atom is -0.404 e. The zero-order valence-electron chi connectivity index (χ0n) is 15.8. The predicted molar refractivity (Wildman–Crippen MR) is 109 cm³/mol. The molecule has 0 fully saturated rings. The molecule has 0 saturated heterocycles. The lowest BCUT2D eigenvalue weighted by molar-refractivity contribution is -0.116. The summed E-state index contributed by atoms with van der Waals surface area (Å²) < 4.78 is 0. The average Bonchev–Trinajstić information content (AvgIpc) is 2.65. The molecule has 0 spiro atoms. The van der Waals surface area contributed by atoms with Crippen molar-refractivity contribution in [2.75, 3.05) is 10.6 Å². The molecular weight excluding hydrogens is 342 g/mol. The number of benzene rings is 1. The van der Waals surface area contributed by atoms with Crippen LogP contribution in [0.4, 0.5) is 11.4 Å². The first kappa shape index (κ1) is 20.5.